The number of nitrogens with one attached hydrogen (secondary N) is 2. The Hall–Kier alpha value is -1.00. The van der Waals surface area contributed by atoms with E-state index in [-0.39, 0.29) is 6.03 Å². The van der Waals surface area contributed by atoms with E-state index in [0.717, 1.165) is 0 Å². The molecule has 0 atom stereocenters. The second-order valence-electron chi connectivity index (χ2n) is 2.84. The fourth-order valence-electron chi connectivity index (χ4n) is 0.918. The topological polar surface area (TPSA) is 41.1 Å². The first-order valence-corrected chi connectivity index (χ1v) is 5.39. The van der Waals surface area contributed by atoms with Crippen LogP contribution in [0.5, 0.6) is 0 Å². The molecule has 0 fully saturated rings. The number of halogens is 2. The Kier molecular flexibility index (Phi) is 4.65. The molecule has 0 aliphatic heterocycles. The fraction of sp³-hybridized carbons (Fsp3) is 0.100. The average molecular weight is 290 g/mol. The number of anilines is 1. The van der Waals surface area contributed by atoms with Crippen LogP contribution in [0.4, 0.5) is 10.5 Å². The summed E-state index contributed by atoms with van der Waals surface area (Å²) in [4.78, 5) is 11.3. The van der Waals surface area contributed by atoms with Gasteiger partial charge in [-0.25, -0.2) is 4.79 Å². The van der Waals surface area contributed by atoms with Gasteiger partial charge in [-0.1, -0.05) is 40.2 Å². The van der Waals surface area contributed by atoms with E-state index in [1.165, 1.54) is 0 Å². The predicted molar refractivity (Wildman–Crippen MR) is 66.5 cm³/mol. The van der Waals surface area contributed by atoms with Gasteiger partial charge in [-0.05, 0) is 18.2 Å². The van der Waals surface area contributed by atoms with Crippen molar-refractivity contribution in [3.63, 3.8) is 0 Å². The quantitative estimate of drug-likeness (QED) is 0.880. The summed E-state index contributed by atoms with van der Waals surface area (Å²) in [5.74, 6) is 0. The molecule has 80 valence electrons. The lowest BCUT2D eigenvalue weighted by molar-refractivity contribution is 0.253. The zero-order valence-electron chi connectivity index (χ0n) is 7.89. The highest BCUT2D eigenvalue weighted by atomic mass is 79.9. The van der Waals surface area contributed by atoms with Gasteiger partial charge in [0.25, 0.3) is 0 Å². The summed E-state index contributed by atoms with van der Waals surface area (Å²) in [6, 6.07) is 6.64. The molecule has 0 unspecified atom stereocenters. The van der Waals surface area contributed by atoms with Gasteiger partial charge >= 0.3 is 6.03 Å². The van der Waals surface area contributed by atoms with Crippen LogP contribution >= 0.6 is 27.5 Å². The Morgan fingerprint density at radius 3 is 2.87 bits per heavy atom. The SMILES string of the molecule is C=C(Br)CNC(=O)Nc1cccc(Cl)c1. The smallest absolute Gasteiger partial charge is 0.319 e. The number of rotatable bonds is 3. The van der Waals surface area contributed by atoms with Gasteiger partial charge in [-0.2, -0.15) is 0 Å². The minimum atomic E-state index is -0.294. The summed E-state index contributed by atoms with van der Waals surface area (Å²) < 4.78 is 0.712. The van der Waals surface area contributed by atoms with Crippen molar-refractivity contribution >= 4 is 39.2 Å². The van der Waals surface area contributed by atoms with Crippen molar-refractivity contribution in [3.8, 4) is 0 Å². The molecular formula is C10H10BrClN2O. The van der Waals surface area contributed by atoms with Crippen molar-refractivity contribution in [2.45, 2.75) is 0 Å². The summed E-state index contributed by atoms with van der Waals surface area (Å²) in [5, 5.41) is 5.83. The lowest BCUT2D eigenvalue weighted by atomic mass is 10.3. The summed E-state index contributed by atoms with van der Waals surface area (Å²) >= 11 is 8.90. The van der Waals surface area contributed by atoms with Crippen molar-refractivity contribution in [1.29, 1.82) is 0 Å². The first-order valence-electron chi connectivity index (χ1n) is 4.21. The third-order valence-corrected chi connectivity index (χ3v) is 2.04. The second kappa shape index (κ2) is 5.78. The second-order valence-corrected chi connectivity index (χ2v) is 4.39. The maximum Gasteiger partial charge on any atom is 0.319 e. The Morgan fingerprint density at radius 1 is 1.53 bits per heavy atom. The van der Waals surface area contributed by atoms with Crippen LogP contribution in [0.2, 0.25) is 5.02 Å². The van der Waals surface area contributed by atoms with Gasteiger partial charge in [0.1, 0.15) is 0 Å². The van der Waals surface area contributed by atoms with Gasteiger partial charge in [0.05, 0.1) is 6.54 Å². The maximum absolute atomic E-state index is 11.3. The van der Waals surface area contributed by atoms with E-state index in [1.54, 1.807) is 24.3 Å². The van der Waals surface area contributed by atoms with Crippen LogP contribution in [-0.2, 0) is 0 Å². The summed E-state index contributed by atoms with van der Waals surface area (Å²) in [7, 11) is 0. The highest BCUT2D eigenvalue weighted by Crippen LogP contribution is 2.14. The molecule has 3 nitrogen and oxygen atoms in total. The molecule has 0 aliphatic rings. The van der Waals surface area contributed by atoms with Gasteiger partial charge in [0.2, 0.25) is 0 Å². The Labute approximate surface area is 102 Å². The van der Waals surface area contributed by atoms with Crippen LogP contribution < -0.4 is 10.6 Å². The van der Waals surface area contributed by atoms with Gasteiger partial charge < -0.3 is 10.6 Å². The minimum Gasteiger partial charge on any atom is -0.333 e. The van der Waals surface area contributed by atoms with Gasteiger partial charge in [0, 0.05) is 15.2 Å². The number of amides is 2. The number of urea groups is 1. The Balaban J connectivity index is 2.48. The molecule has 0 spiro atoms. The molecular weight excluding hydrogens is 279 g/mol. The number of carbonyl (C=O) groups is 1. The standard InChI is InChI=1S/C10H10BrClN2O/c1-7(11)6-13-10(15)14-9-4-2-3-8(12)5-9/h2-5H,1,6H2,(H2,13,14,15). The Morgan fingerprint density at radius 2 is 2.27 bits per heavy atom. The molecule has 0 aliphatic carbocycles. The van der Waals surface area contributed by atoms with E-state index in [0.29, 0.717) is 21.7 Å². The molecule has 1 aromatic rings. The van der Waals surface area contributed by atoms with Crippen LogP contribution in [0.15, 0.2) is 35.3 Å². The van der Waals surface area contributed by atoms with E-state index < -0.39 is 0 Å². The molecule has 0 saturated carbocycles. The first-order chi connectivity index (χ1) is 7.08. The molecule has 1 rings (SSSR count). The lowest BCUT2D eigenvalue weighted by Gasteiger charge is -2.06. The first kappa shape index (κ1) is 12.1. The summed E-state index contributed by atoms with van der Waals surface area (Å²) in [5.41, 5.74) is 0.653. The molecule has 1 aromatic carbocycles. The number of carbonyl (C=O) groups excluding carboxylic acids is 1. The molecule has 5 heteroatoms. The Bertz CT molecular complexity index is 381. The number of hydrogen-bond donors (Lipinski definition) is 2. The van der Waals surface area contributed by atoms with Crippen LogP contribution in [0, 0.1) is 0 Å². The highest BCUT2D eigenvalue weighted by Gasteiger charge is 2.01. The van der Waals surface area contributed by atoms with Gasteiger partial charge in [0.15, 0.2) is 0 Å². The van der Waals surface area contributed by atoms with E-state index in [2.05, 4.69) is 33.1 Å². The number of hydrogen-bond acceptors (Lipinski definition) is 1. The van der Waals surface area contributed by atoms with Crippen molar-refractivity contribution in [2.24, 2.45) is 0 Å². The van der Waals surface area contributed by atoms with Gasteiger partial charge in [-0.15, -0.1) is 0 Å². The van der Waals surface area contributed by atoms with Crippen LogP contribution in [0.3, 0.4) is 0 Å². The molecule has 2 amide bonds. The third kappa shape index (κ3) is 4.85. The molecule has 0 aromatic heterocycles. The van der Waals surface area contributed by atoms with Crippen LogP contribution in [0.1, 0.15) is 0 Å². The molecule has 15 heavy (non-hydrogen) atoms. The average Bonchev–Trinajstić information content (AvgIpc) is 2.15. The lowest BCUT2D eigenvalue weighted by Crippen LogP contribution is -2.29. The zero-order chi connectivity index (χ0) is 11.3. The minimum absolute atomic E-state index is 0.294. The van der Waals surface area contributed by atoms with Crippen molar-refractivity contribution in [3.05, 3.63) is 40.3 Å². The maximum atomic E-state index is 11.3. The van der Waals surface area contributed by atoms with Crippen molar-refractivity contribution in [2.75, 3.05) is 11.9 Å². The molecule has 2 N–H and O–H groups in total. The van der Waals surface area contributed by atoms with Crippen molar-refractivity contribution < 1.29 is 4.79 Å². The molecule has 0 heterocycles. The van der Waals surface area contributed by atoms with E-state index >= 15 is 0 Å². The monoisotopic (exact) mass is 288 g/mol. The predicted octanol–water partition coefficient (Wildman–Crippen LogP) is 3.37. The fourth-order valence-corrected chi connectivity index (χ4v) is 1.25. The number of benzene rings is 1. The third-order valence-electron chi connectivity index (χ3n) is 1.52. The molecule has 0 bridgehead atoms. The van der Waals surface area contributed by atoms with E-state index in [4.69, 9.17) is 11.6 Å². The van der Waals surface area contributed by atoms with Gasteiger partial charge in [-0.3, -0.25) is 0 Å². The van der Waals surface area contributed by atoms with Crippen molar-refractivity contribution in [1.82, 2.24) is 5.32 Å². The highest BCUT2D eigenvalue weighted by molar-refractivity contribution is 9.11. The summed E-state index contributed by atoms with van der Waals surface area (Å²) in [6.45, 7) is 3.98. The normalized spacial score (nSPS) is 9.47. The van der Waals surface area contributed by atoms with E-state index in [9.17, 15) is 4.79 Å². The van der Waals surface area contributed by atoms with E-state index in [1.807, 2.05) is 0 Å². The molecule has 0 radical (unpaired) electrons. The molecule has 0 saturated heterocycles. The van der Waals surface area contributed by atoms with Crippen LogP contribution in [0.25, 0.3) is 0 Å². The van der Waals surface area contributed by atoms with Crippen LogP contribution in [-0.4, -0.2) is 12.6 Å². The largest absolute Gasteiger partial charge is 0.333 e. The summed E-state index contributed by atoms with van der Waals surface area (Å²) in [6.07, 6.45) is 0. The zero-order valence-corrected chi connectivity index (χ0v) is 10.2.